The van der Waals surface area contributed by atoms with Gasteiger partial charge in [0.05, 0.1) is 6.04 Å². The number of carbonyl (C=O) groups is 1. The minimum atomic E-state index is 0.165. The molecule has 5 rings (SSSR count). The van der Waals surface area contributed by atoms with Crippen molar-refractivity contribution in [3.8, 4) is 0 Å². The van der Waals surface area contributed by atoms with Crippen LogP contribution in [0.4, 0.5) is 11.4 Å². The summed E-state index contributed by atoms with van der Waals surface area (Å²) in [4.78, 5) is 14.6. The molecule has 1 N–H and O–H groups in total. The van der Waals surface area contributed by atoms with Crippen LogP contribution in [0.5, 0.6) is 0 Å². The number of fused-ring (bicyclic) bond motifs is 1. The highest BCUT2D eigenvalue weighted by molar-refractivity contribution is 5.94. The minimum Gasteiger partial charge on any atom is -0.378 e. The topological polar surface area (TPSA) is 32.3 Å². The normalized spacial score (nSPS) is 27.2. The highest BCUT2D eigenvalue weighted by Gasteiger charge is 2.47. The summed E-state index contributed by atoms with van der Waals surface area (Å²) in [5, 5.41) is 3.81. The number of hydrogen-bond acceptors (Lipinski definition) is 2. The Hall–Kier alpha value is -2.29. The smallest absolute Gasteiger partial charge is 0.224 e. The number of nitrogens with zero attached hydrogens (tertiary/aromatic N) is 1. The van der Waals surface area contributed by atoms with E-state index in [4.69, 9.17) is 0 Å². The van der Waals surface area contributed by atoms with E-state index in [1.54, 1.807) is 6.92 Å². The predicted molar refractivity (Wildman–Crippen MR) is 110 cm³/mol. The molecule has 3 unspecified atom stereocenters. The van der Waals surface area contributed by atoms with E-state index in [0.717, 1.165) is 11.6 Å². The van der Waals surface area contributed by atoms with Crippen molar-refractivity contribution in [1.29, 1.82) is 0 Å². The first-order valence-electron chi connectivity index (χ1n) is 10.4. The molecule has 3 nitrogen and oxygen atoms in total. The van der Waals surface area contributed by atoms with Crippen molar-refractivity contribution in [2.75, 3.05) is 10.2 Å². The summed E-state index contributed by atoms with van der Waals surface area (Å²) in [7, 11) is 0. The average Bonchev–Trinajstić information content (AvgIpc) is 3.56. The van der Waals surface area contributed by atoms with Crippen LogP contribution >= 0.6 is 0 Å². The molecule has 27 heavy (non-hydrogen) atoms. The van der Waals surface area contributed by atoms with E-state index >= 15 is 0 Å². The van der Waals surface area contributed by atoms with Gasteiger partial charge in [0.2, 0.25) is 5.91 Å². The molecule has 0 bridgehead atoms. The second-order valence-corrected chi connectivity index (χ2v) is 8.65. The third kappa shape index (κ3) is 3.03. The highest BCUT2D eigenvalue weighted by Crippen LogP contribution is 2.50. The van der Waals surface area contributed by atoms with Gasteiger partial charge in [0.15, 0.2) is 0 Å². The third-order valence-electron chi connectivity index (χ3n) is 6.62. The predicted octanol–water partition coefficient (Wildman–Crippen LogP) is 5.50. The Morgan fingerprint density at radius 2 is 1.70 bits per heavy atom. The molecular weight excluding hydrogens is 332 g/mol. The van der Waals surface area contributed by atoms with Gasteiger partial charge in [0, 0.05) is 30.3 Å². The van der Waals surface area contributed by atoms with Gasteiger partial charge in [-0.3, -0.25) is 4.79 Å². The number of nitrogens with one attached hydrogen (secondary N) is 1. The summed E-state index contributed by atoms with van der Waals surface area (Å²) in [5.74, 6) is 1.97. The summed E-state index contributed by atoms with van der Waals surface area (Å²) in [6.45, 7) is 4.02. The molecule has 1 heterocycles. The zero-order chi connectivity index (χ0) is 18.5. The van der Waals surface area contributed by atoms with E-state index in [0.29, 0.717) is 17.9 Å². The van der Waals surface area contributed by atoms with Crippen LogP contribution in [0.25, 0.3) is 0 Å². The van der Waals surface area contributed by atoms with Gasteiger partial charge in [-0.2, -0.15) is 0 Å². The molecule has 140 valence electrons. The second-order valence-electron chi connectivity index (χ2n) is 8.65. The lowest BCUT2D eigenvalue weighted by molar-refractivity contribution is -0.117. The number of amides is 1. The average molecular weight is 361 g/mol. The molecule has 2 aromatic carbocycles. The molecule has 0 saturated heterocycles. The number of hydrogen-bond donors (Lipinski definition) is 1. The Kier molecular flexibility index (Phi) is 3.99. The molecule has 2 aromatic rings. The van der Waals surface area contributed by atoms with Crippen molar-refractivity contribution in [2.45, 2.75) is 57.5 Å². The van der Waals surface area contributed by atoms with Gasteiger partial charge in [-0.1, -0.05) is 37.3 Å². The molecule has 0 aromatic heterocycles. The molecule has 1 aliphatic heterocycles. The molecule has 0 spiro atoms. The lowest BCUT2D eigenvalue weighted by atomic mass is 9.80. The number of para-hydroxylation sites is 1. The molecule has 3 atom stereocenters. The Morgan fingerprint density at radius 1 is 1.00 bits per heavy atom. The van der Waals surface area contributed by atoms with Crippen molar-refractivity contribution >= 4 is 17.3 Å². The molecule has 1 amide bonds. The second kappa shape index (κ2) is 6.40. The maximum Gasteiger partial charge on any atom is 0.224 e. The number of anilines is 2. The Bertz CT molecular complexity index is 851. The standard InChI is InChI=1S/C24H28N2O/c1-15-23(25-20-13-11-18(12-14-20)17-7-8-17)21-5-3-4-6-22(21)26(16(2)27)24(15)19-9-10-19/h3-6,11-15,17,19,23-25H,7-10H2,1-2H3. The molecule has 2 saturated carbocycles. The van der Waals surface area contributed by atoms with Crippen LogP contribution in [-0.2, 0) is 4.79 Å². The van der Waals surface area contributed by atoms with Crippen LogP contribution in [0, 0.1) is 11.8 Å². The highest BCUT2D eigenvalue weighted by atomic mass is 16.2. The maximum absolute atomic E-state index is 12.5. The van der Waals surface area contributed by atoms with Gasteiger partial charge >= 0.3 is 0 Å². The van der Waals surface area contributed by atoms with Crippen molar-refractivity contribution < 1.29 is 4.79 Å². The quantitative estimate of drug-likeness (QED) is 0.781. The first-order chi connectivity index (χ1) is 13.1. The van der Waals surface area contributed by atoms with Crippen molar-refractivity contribution in [3.63, 3.8) is 0 Å². The fourth-order valence-electron chi connectivity index (χ4n) is 4.96. The zero-order valence-corrected chi connectivity index (χ0v) is 16.2. The fraction of sp³-hybridized carbons (Fsp3) is 0.458. The number of benzene rings is 2. The fourth-order valence-corrected chi connectivity index (χ4v) is 4.96. The summed E-state index contributed by atoms with van der Waals surface area (Å²) in [6, 6.07) is 18.0. The van der Waals surface area contributed by atoms with Gasteiger partial charge in [-0.25, -0.2) is 0 Å². The monoisotopic (exact) mass is 360 g/mol. The van der Waals surface area contributed by atoms with E-state index < -0.39 is 0 Å². The lowest BCUT2D eigenvalue weighted by Gasteiger charge is -2.46. The Balaban J connectivity index is 1.50. The van der Waals surface area contributed by atoms with E-state index in [9.17, 15) is 4.79 Å². The number of carbonyl (C=O) groups excluding carboxylic acids is 1. The largest absolute Gasteiger partial charge is 0.378 e. The minimum absolute atomic E-state index is 0.165. The van der Waals surface area contributed by atoms with Gasteiger partial charge < -0.3 is 10.2 Å². The molecule has 2 fully saturated rings. The molecule has 2 aliphatic carbocycles. The van der Waals surface area contributed by atoms with Crippen LogP contribution < -0.4 is 10.2 Å². The number of rotatable bonds is 4. The Labute approximate surface area is 161 Å². The molecule has 3 heteroatoms. The van der Waals surface area contributed by atoms with Crippen molar-refractivity contribution in [1.82, 2.24) is 0 Å². The van der Waals surface area contributed by atoms with Gasteiger partial charge in [-0.05, 0) is 66.8 Å². The first kappa shape index (κ1) is 16.9. The van der Waals surface area contributed by atoms with E-state index in [1.165, 1.54) is 42.5 Å². The van der Waals surface area contributed by atoms with E-state index in [-0.39, 0.29) is 11.9 Å². The lowest BCUT2D eigenvalue weighted by Crippen LogP contribution is -2.51. The van der Waals surface area contributed by atoms with Crippen LogP contribution in [-0.4, -0.2) is 11.9 Å². The SMILES string of the molecule is CC(=O)N1c2ccccc2C(Nc2ccc(C3CC3)cc2)C(C)C1C1CC1. The first-order valence-corrected chi connectivity index (χ1v) is 10.4. The maximum atomic E-state index is 12.5. The van der Waals surface area contributed by atoms with Crippen molar-refractivity contribution in [2.24, 2.45) is 11.8 Å². The molecular formula is C24H28N2O. The van der Waals surface area contributed by atoms with Crippen molar-refractivity contribution in [3.05, 3.63) is 59.7 Å². The summed E-state index contributed by atoms with van der Waals surface area (Å²) in [5.41, 5.74) is 4.98. The molecule has 3 aliphatic rings. The van der Waals surface area contributed by atoms with E-state index in [1.807, 2.05) is 0 Å². The van der Waals surface area contributed by atoms with Gasteiger partial charge in [0.1, 0.15) is 0 Å². The van der Waals surface area contributed by atoms with Crippen LogP contribution in [0.15, 0.2) is 48.5 Å². The Morgan fingerprint density at radius 3 is 2.33 bits per heavy atom. The molecule has 0 radical (unpaired) electrons. The summed E-state index contributed by atoms with van der Waals surface area (Å²) < 4.78 is 0. The summed E-state index contributed by atoms with van der Waals surface area (Å²) in [6.07, 6.45) is 5.15. The van der Waals surface area contributed by atoms with Crippen LogP contribution in [0.3, 0.4) is 0 Å². The van der Waals surface area contributed by atoms with Crippen LogP contribution in [0.2, 0.25) is 0 Å². The zero-order valence-electron chi connectivity index (χ0n) is 16.2. The third-order valence-corrected chi connectivity index (χ3v) is 6.62. The van der Waals surface area contributed by atoms with Gasteiger partial charge in [0.25, 0.3) is 0 Å². The summed E-state index contributed by atoms with van der Waals surface area (Å²) >= 11 is 0. The van der Waals surface area contributed by atoms with Gasteiger partial charge in [-0.15, -0.1) is 0 Å². The van der Waals surface area contributed by atoms with E-state index in [2.05, 4.69) is 65.7 Å². The van der Waals surface area contributed by atoms with Crippen LogP contribution in [0.1, 0.15) is 62.6 Å².